The second-order valence-electron chi connectivity index (χ2n) is 3.91. The van der Waals surface area contributed by atoms with E-state index in [4.69, 9.17) is 5.11 Å². The van der Waals surface area contributed by atoms with Crippen LogP contribution in [-0.2, 0) is 0 Å². The van der Waals surface area contributed by atoms with Gasteiger partial charge in [0.15, 0.2) is 0 Å². The summed E-state index contributed by atoms with van der Waals surface area (Å²) in [6, 6.07) is 6.23. The fraction of sp³-hybridized carbons (Fsp3) is 0.0769. The van der Waals surface area contributed by atoms with Crippen LogP contribution >= 0.6 is 0 Å². The molecule has 0 saturated heterocycles. The molecule has 1 amide bonds. The second kappa shape index (κ2) is 5.26. The maximum atomic E-state index is 11.9. The average Bonchev–Trinajstić information content (AvgIpc) is 2.39. The first-order valence-corrected chi connectivity index (χ1v) is 5.49. The largest absolute Gasteiger partial charge is 0.477 e. The first kappa shape index (κ1) is 12.7. The number of carbonyl (C=O) groups is 2. The van der Waals surface area contributed by atoms with Gasteiger partial charge in [0.2, 0.25) is 0 Å². The lowest BCUT2D eigenvalue weighted by molar-refractivity contribution is 0.0690. The third-order valence-corrected chi connectivity index (χ3v) is 2.40. The highest BCUT2D eigenvalue weighted by Crippen LogP contribution is 2.08. The van der Waals surface area contributed by atoms with Gasteiger partial charge < -0.3 is 10.4 Å². The highest BCUT2D eigenvalue weighted by atomic mass is 16.4. The summed E-state index contributed by atoms with van der Waals surface area (Å²) in [6.45, 7) is 1.89. The molecule has 0 unspecified atom stereocenters. The fourth-order valence-corrected chi connectivity index (χ4v) is 1.45. The molecular weight excluding hydrogens is 246 g/mol. The number of aromatic nitrogens is 2. The standard InChI is InChI=1S/C13H11N3O3/c1-8-4-5-14-11(6-8)16-12(17)9-2-3-10(13(18)19)15-7-9/h2-7H,1H3,(H,18,19)(H,14,16,17). The van der Waals surface area contributed by atoms with Crippen molar-refractivity contribution in [2.75, 3.05) is 5.32 Å². The van der Waals surface area contributed by atoms with Gasteiger partial charge in [-0.15, -0.1) is 0 Å². The Hall–Kier alpha value is -2.76. The van der Waals surface area contributed by atoms with Crippen molar-refractivity contribution in [3.63, 3.8) is 0 Å². The van der Waals surface area contributed by atoms with E-state index in [0.29, 0.717) is 5.82 Å². The van der Waals surface area contributed by atoms with Gasteiger partial charge >= 0.3 is 5.97 Å². The lowest BCUT2D eigenvalue weighted by atomic mass is 10.2. The summed E-state index contributed by atoms with van der Waals surface area (Å²) >= 11 is 0. The molecule has 0 aromatic carbocycles. The summed E-state index contributed by atoms with van der Waals surface area (Å²) in [4.78, 5) is 30.2. The molecule has 0 aliphatic rings. The van der Waals surface area contributed by atoms with Crippen LogP contribution in [0.5, 0.6) is 0 Å². The molecule has 0 aliphatic heterocycles. The summed E-state index contributed by atoms with van der Waals surface area (Å²) in [5.74, 6) is -1.08. The van der Waals surface area contributed by atoms with E-state index in [1.807, 2.05) is 13.0 Å². The summed E-state index contributed by atoms with van der Waals surface area (Å²) < 4.78 is 0. The Bertz CT molecular complexity index is 623. The molecule has 0 fully saturated rings. The predicted molar refractivity (Wildman–Crippen MR) is 68.1 cm³/mol. The molecule has 6 nitrogen and oxygen atoms in total. The molecule has 19 heavy (non-hydrogen) atoms. The van der Waals surface area contributed by atoms with E-state index in [0.717, 1.165) is 5.56 Å². The van der Waals surface area contributed by atoms with Crippen LogP contribution in [0.4, 0.5) is 5.82 Å². The van der Waals surface area contributed by atoms with E-state index in [9.17, 15) is 9.59 Å². The highest BCUT2D eigenvalue weighted by Gasteiger charge is 2.09. The molecule has 0 saturated carbocycles. The lowest BCUT2D eigenvalue weighted by Crippen LogP contribution is -2.14. The third-order valence-electron chi connectivity index (χ3n) is 2.40. The molecule has 0 spiro atoms. The van der Waals surface area contributed by atoms with Gasteiger partial charge in [-0.2, -0.15) is 0 Å². The highest BCUT2D eigenvalue weighted by molar-refractivity contribution is 6.03. The smallest absolute Gasteiger partial charge is 0.354 e. The second-order valence-corrected chi connectivity index (χ2v) is 3.91. The van der Waals surface area contributed by atoms with Crippen molar-refractivity contribution in [1.29, 1.82) is 0 Å². The number of aryl methyl sites for hydroxylation is 1. The van der Waals surface area contributed by atoms with Crippen LogP contribution in [0.15, 0.2) is 36.7 Å². The van der Waals surface area contributed by atoms with Gasteiger partial charge in [-0.3, -0.25) is 4.79 Å². The van der Waals surface area contributed by atoms with Crippen molar-refractivity contribution in [3.05, 3.63) is 53.5 Å². The zero-order valence-electron chi connectivity index (χ0n) is 10.1. The van der Waals surface area contributed by atoms with Crippen molar-refractivity contribution >= 4 is 17.7 Å². The molecule has 2 heterocycles. The number of carbonyl (C=O) groups excluding carboxylic acids is 1. The lowest BCUT2D eigenvalue weighted by Gasteiger charge is -2.04. The fourth-order valence-electron chi connectivity index (χ4n) is 1.45. The quantitative estimate of drug-likeness (QED) is 0.873. The van der Waals surface area contributed by atoms with Crippen molar-refractivity contribution in [3.8, 4) is 0 Å². The molecule has 2 rings (SSSR count). The number of anilines is 1. The number of aromatic carboxylic acids is 1. The number of nitrogens with one attached hydrogen (secondary N) is 1. The summed E-state index contributed by atoms with van der Waals surface area (Å²) in [6.07, 6.45) is 2.81. The number of carboxylic acid groups (broad SMARTS) is 1. The van der Waals surface area contributed by atoms with Crippen LogP contribution in [0.1, 0.15) is 26.4 Å². The molecule has 96 valence electrons. The van der Waals surface area contributed by atoms with Crippen LogP contribution < -0.4 is 5.32 Å². The van der Waals surface area contributed by atoms with Gasteiger partial charge in [0.1, 0.15) is 11.5 Å². The number of hydrogen-bond acceptors (Lipinski definition) is 4. The minimum Gasteiger partial charge on any atom is -0.477 e. The van der Waals surface area contributed by atoms with Crippen LogP contribution in [0.2, 0.25) is 0 Å². The number of nitrogens with zero attached hydrogens (tertiary/aromatic N) is 2. The monoisotopic (exact) mass is 257 g/mol. The van der Waals surface area contributed by atoms with Crippen molar-refractivity contribution in [1.82, 2.24) is 9.97 Å². The maximum absolute atomic E-state index is 11.9. The van der Waals surface area contributed by atoms with Crippen molar-refractivity contribution < 1.29 is 14.7 Å². The molecule has 0 bridgehead atoms. The third kappa shape index (κ3) is 3.12. The van der Waals surface area contributed by atoms with E-state index >= 15 is 0 Å². The molecule has 2 N–H and O–H groups in total. The Morgan fingerprint density at radius 3 is 2.58 bits per heavy atom. The van der Waals surface area contributed by atoms with Gasteiger partial charge in [0.25, 0.3) is 5.91 Å². The number of rotatable bonds is 3. The predicted octanol–water partition coefficient (Wildman–Crippen LogP) is 1.74. The average molecular weight is 257 g/mol. The zero-order chi connectivity index (χ0) is 13.8. The molecule has 2 aromatic rings. The molecule has 0 aliphatic carbocycles. The molecule has 0 atom stereocenters. The van der Waals surface area contributed by atoms with Gasteiger partial charge in [0.05, 0.1) is 5.56 Å². The summed E-state index contributed by atoms with van der Waals surface area (Å²) in [7, 11) is 0. The van der Waals surface area contributed by atoms with Crippen molar-refractivity contribution in [2.45, 2.75) is 6.92 Å². The van der Waals surface area contributed by atoms with E-state index in [-0.39, 0.29) is 17.2 Å². The number of carboxylic acids is 1. The van der Waals surface area contributed by atoms with Crippen LogP contribution in [-0.4, -0.2) is 27.0 Å². The van der Waals surface area contributed by atoms with Crippen molar-refractivity contribution in [2.24, 2.45) is 0 Å². The minimum absolute atomic E-state index is 0.106. The van der Waals surface area contributed by atoms with Gasteiger partial charge in [-0.1, -0.05) is 0 Å². The molecule has 2 aromatic heterocycles. The maximum Gasteiger partial charge on any atom is 0.354 e. The number of hydrogen-bond donors (Lipinski definition) is 2. The van der Waals surface area contributed by atoms with E-state index < -0.39 is 5.97 Å². The van der Waals surface area contributed by atoms with E-state index in [1.165, 1.54) is 18.3 Å². The van der Waals surface area contributed by atoms with Crippen LogP contribution in [0.3, 0.4) is 0 Å². The summed E-state index contributed by atoms with van der Waals surface area (Å²) in [5, 5.41) is 11.3. The van der Waals surface area contributed by atoms with Gasteiger partial charge in [-0.25, -0.2) is 14.8 Å². The van der Waals surface area contributed by atoms with Crippen LogP contribution in [0, 0.1) is 6.92 Å². The van der Waals surface area contributed by atoms with E-state index in [2.05, 4.69) is 15.3 Å². The Morgan fingerprint density at radius 2 is 2.00 bits per heavy atom. The minimum atomic E-state index is -1.13. The van der Waals surface area contributed by atoms with Crippen LogP contribution in [0.25, 0.3) is 0 Å². The Balaban J connectivity index is 2.14. The SMILES string of the molecule is Cc1ccnc(NC(=O)c2ccc(C(=O)O)nc2)c1. The normalized spacial score (nSPS) is 9.95. The van der Waals surface area contributed by atoms with Gasteiger partial charge in [0, 0.05) is 12.4 Å². The number of amides is 1. The molecule has 0 radical (unpaired) electrons. The Kier molecular flexibility index (Phi) is 3.51. The molecule has 6 heteroatoms. The molecular formula is C13H11N3O3. The van der Waals surface area contributed by atoms with Gasteiger partial charge in [-0.05, 0) is 36.8 Å². The van der Waals surface area contributed by atoms with E-state index in [1.54, 1.807) is 12.3 Å². The zero-order valence-corrected chi connectivity index (χ0v) is 10.1. The number of pyridine rings is 2. The topological polar surface area (TPSA) is 92.2 Å². The Labute approximate surface area is 109 Å². The first-order chi connectivity index (χ1) is 9.06. The Morgan fingerprint density at radius 1 is 1.21 bits per heavy atom. The summed E-state index contributed by atoms with van der Waals surface area (Å²) in [5.41, 5.74) is 1.14. The first-order valence-electron chi connectivity index (χ1n) is 5.49.